The van der Waals surface area contributed by atoms with Crippen LogP contribution in [0.3, 0.4) is 0 Å². The van der Waals surface area contributed by atoms with Gasteiger partial charge in [0.15, 0.2) is 6.61 Å². The molecule has 0 bridgehead atoms. The number of amides is 2. The van der Waals surface area contributed by atoms with Gasteiger partial charge in [-0.1, -0.05) is 30.3 Å². The SMILES string of the molecule is N#Cc1ccc(-c2ccc(OCC(=O)NNC(=O)c3cccc([N+](=O)[O-])c3)cc2)cc1. The maximum atomic E-state index is 12.0. The van der Waals surface area contributed by atoms with Gasteiger partial charge in [0.1, 0.15) is 5.75 Å². The average molecular weight is 416 g/mol. The fraction of sp³-hybridized carbons (Fsp3) is 0.0455. The molecule has 3 aromatic rings. The molecule has 0 saturated carbocycles. The molecule has 0 aromatic heterocycles. The highest BCUT2D eigenvalue weighted by molar-refractivity contribution is 5.96. The molecule has 9 nitrogen and oxygen atoms in total. The summed E-state index contributed by atoms with van der Waals surface area (Å²) < 4.78 is 5.39. The van der Waals surface area contributed by atoms with E-state index in [1.54, 1.807) is 24.3 Å². The fourth-order valence-electron chi connectivity index (χ4n) is 2.63. The lowest BCUT2D eigenvalue weighted by atomic mass is 10.0. The van der Waals surface area contributed by atoms with Gasteiger partial charge in [0.2, 0.25) is 0 Å². The minimum atomic E-state index is -0.691. The Kier molecular flexibility index (Phi) is 6.55. The normalized spacial score (nSPS) is 9.90. The first-order valence-electron chi connectivity index (χ1n) is 9.03. The Bertz CT molecular complexity index is 1150. The lowest BCUT2D eigenvalue weighted by Gasteiger charge is -2.09. The molecule has 0 aliphatic carbocycles. The van der Waals surface area contributed by atoms with Crippen molar-refractivity contribution in [3.05, 3.63) is 94.0 Å². The minimum Gasteiger partial charge on any atom is -0.484 e. The number of benzene rings is 3. The van der Waals surface area contributed by atoms with Crippen molar-refractivity contribution >= 4 is 17.5 Å². The topological polar surface area (TPSA) is 134 Å². The second-order valence-corrected chi connectivity index (χ2v) is 6.31. The molecule has 2 N–H and O–H groups in total. The van der Waals surface area contributed by atoms with E-state index in [4.69, 9.17) is 10.00 Å². The summed E-state index contributed by atoms with van der Waals surface area (Å²) in [6, 6.07) is 21.4. The van der Waals surface area contributed by atoms with E-state index in [-0.39, 0.29) is 17.9 Å². The Morgan fingerprint density at radius 1 is 0.968 bits per heavy atom. The molecular formula is C22H16N4O5. The van der Waals surface area contributed by atoms with Crippen LogP contribution in [0.2, 0.25) is 0 Å². The standard InChI is InChI=1S/C22H16N4O5/c23-13-15-4-6-16(7-5-15)17-8-10-20(11-9-17)31-14-21(27)24-25-22(28)18-2-1-3-19(12-18)26(29)30/h1-12H,14H2,(H,24,27)(H,25,28). The number of nitrogens with zero attached hydrogens (tertiary/aromatic N) is 2. The maximum Gasteiger partial charge on any atom is 0.276 e. The zero-order valence-corrected chi connectivity index (χ0v) is 16.1. The van der Waals surface area contributed by atoms with Crippen molar-refractivity contribution in [3.8, 4) is 22.9 Å². The Hall–Kier alpha value is -4.71. The number of nitro benzene ring substituents is 1. The van der Waals surface area contributed by atoms with Crippen molar-refractivity contribution in [1.29, 1.82) is 5.26 Å². The number of nitro groups is 1. The summed E-state index contributed by atoms with van der Waals surface area (Å²) in [5.74, 6) is -0.837. The minimum absolute atomic E-state index is 0.0359. The van der Waals surface area contributed by atoms with Crippen molar-refractivity contribution in [3.63, 3.8) is 0 Å². The Balaban J connectivity index is 1.49. The van der Waals surface area contributed by atoms with E-state index in [9.17, 15) is 19.7 Å². The third-order valence-electron chi connectivity index (χ3n) is 4.21. The zero-order chi connectivity index (χ0) is 22.2. The lowest BCUT2D eigenvalue weighted by molar-refractivity contribution is -0.384. The molecular weight excluding hydrogens is 400 g/mol. The van der Waals surface area contributed by atoms with E-state index in [1.807, 2.05) is 24.3 Å². The second-order valence-electron chi connectivity index (χ2n) is 6.31. The zero-order valence-electron chi connectivity index (χ0n) is 16.1. The third kappa shape index (κ3) is 5.65. The molecule has 0 aliphatic rings. The lowest BCUT2D eigenvalue weighted by Crippen LogP contribution is -2.43. The molecule has 0 atom stereocenters. The van der Waals surface area contributed by atoms with Gasteiger partial charge >= 0.3 is 0 Å². The highest BCUT2D eigenvalue weighted by Gasteiger charge is 2.12. The molecule has 3 aromatic carbocycles. The summed E-state index contributed by atoms with van der Waals surface area (Å²) in [7, 11) is 0. The molecule has 2 amide bonds. The highest BCUT2D eigenvalue weighted by atomic mass is 16.6. The number of carbonyl (C=O) groups excluding carboxylic acids is 2. The van der Waals surface area contributed by atoms with Crippen LogP contribution in [0.4, 0.5) is 5.69 Å². The van der Waals surface area contributed by atoms with Gasteiger partial charge in [-0.25, -0.2) is 0 Å². The van der Waals surface area contributed by atoms with E-state index in [0.717, 1.165) is 17.2 Å². The number of nitrogens with one attached hydrogen (secondary N) is 2. The Morgan fingerprint density at radius 3 is 2.23 bits per heavy atom. The summed E-state index contributed by atoms with van der Waals surface area (Å²) in [5.41, 5.74) is 6.61. The average Bonchev–Trinajstić information content (AvgIpc) is 2.81. The number of carbonyl (C=O) groups is 2. The van der Waals surface area contributed by atoms with E-state index in [2.05, 4.69) is 16.9 Å². The van der Waals surface area contributed by atoms with Gasteiger partial charge in [0, 0.05) is 17.7 Å². The molecule has 31 heavy (non-hydrogen) atoms. The smallest absolute Gasteiger partial charge is 0.276 e. The van der Waals surface area contributed by atoms with Crippen LogP contribution in [0.1, 0.15) is 15.9 Å². The molecule has 0 fully saturated rings. The molecule has 3 rings (SSSR count). The van der Waals surface area contributed by atoms with Crippen molar-refractivity contribution in [2.24, 2.45) is 0 Å². The largest absolute Gasteiger partial charge is 0.484 e. The van der Waals surface area contributed by atoms with E-state index in [1.165, 1.54) is 18.2 Å². The quantitative estimate of drug-likeness (QED) is 0.469. The number of ether oxygens (including phenoxy) is 1. The molecule has 0 unspecified atom stereocenters. The predicted octanol–water partition coefficient (Wildman–Crippen LogP) is 2.97. The van der Waals surface area contributed by atoms with Gasteiger partial charge in [-0.3, -0.25) is 30.6 Å². The Morgan fingerprint density at radius 2 is 1.61 bits per heavy atom. The predicted molar refractivity (Wildman–Crippen MR) is 111 cm³/mol. The van der Waals surface area contributed by atoms with Gasteiger partial charge in [-0.15, -0.1) is 0 Å². The number of rotatable bonds is 6. The molecule has 0 spiro atoms. The molecule has 0 heterocycles. The summed E-state index contributed by atoms with van der Waals surface area (Å²) >= 11 is 0. The van der Waals surface area contributed by atoms with Crippen LogP contribution in [0, 0.1) is 21.4 Å². The van der Waals surface area contributed by atoms with Crippen molar-refractivity contribution < 1.29 is 19.2 Å². The molecule has 154 valence electrons. The monoisotopic (exact) mass is 416 g/mol. The number of hydrazine groups is 1. The number of non-ortho nitro benzene ring substituents is 1. The maximum absolute atomic E-state index is 12.0. The summed E-state index contributed by atoms with van der Waals surface area (Å²) in [4.78, 5) is 34.0. The Labute approximate surface area is 177 Å². The summed E-state index contributed by atoms with van der Waals surface area (Å²) in [6.07, 6.45) is 0. The van der Waals surface area contributed by atoms with Gasteiger partial charge in [0.05, 0.1) is 16.6 Å². The van der Waals surface area contributed by atoms with E-state index in [0.29, 0.717) is 11.3 Å². The van der Waals surface area contributed by atoms with Crippen LogP contribution in [-0.4, -0.2) is 23.3 Å². The van der Waals surface area contributed by atoms with Crippen molar-refractivity contribution in [2.75, 3.05) is 6.61 Å². The van der Waals surface area contributed by atoms with Gasteiger partial charge < -0.3 is 4.74 Å². The van der Waals surface area contributed by atoms with Crippen LogP contribution in [0.25, 0.3) is 11.1 Å². The number of hydrogen-bond donors (Lipinski definition) is 2. The van der Waals surface area contributed by atoms with Crippen LogP contribution < -0.4 is 15.6 Å². The summed E-state index contributed by atoms with van der Waals surface area (Å²) in [6.45, 7) is -0.342. The van der Waals surface area contributed by atoms with Gasteiger partial charge in [0.25, 0.3) is 17.5 Å². The fourth-order valence-corrected chi connectivity index (χ4v) is 2.63. The molecule has 0 aliphatic heterocycles. The first-order valence-corrected chi connectivity index (χ1v) is 9.03. The number of hydrogen-bond acceptors (Lipinski definition) is 6. The van der Waals surface area contributed by atoms with Crippen LogP contribution in [0.5, 0.6) is 5.75 Å². The van der Waals surface area contributed by atoms with Gasteiger partial charge in [-0.05, 0) is 41.5 Å². The second kappa shape index (κ2) is 9.67. The van der Waals surface area contributed by atoms with Crippen LogP contribution in [-0.2, 0) is 4.79 Å². The molecule has 9 heteroatoms. The molecule has 0 radical (unpaired) electrons. The van der Waals surface area contributed by atoms with Crippen LogP contribution >= 0.6 is 0 Å². The van der Waals surface area contributed by atoms with E-state index < -0.39 is 16.7 Å². The highest BCUT2D eigenvalue weighted by Crippen LogP contribution is 2.22. The third-order valence-corrected chi connectivity index (χ3v) is 4.21. The first-order chi connectivity index (χ1) is 15.0. The van der Waals surface area contributed by atoms with Crippen molar-refractivity contribution in [1.82, 2.24) is 10.9 Å². The van der Waals surface area contributed by atoms with E-state index >= 15 is 0 Å². The number of nitriles is 1. The van der Waals surface area contributed by atoms with Gasteiger partial charge in [-0.2, -0.15) is 5.26 Å². The van der Waals surface area contributed by atoms with Crippen molar-refractivity contribution in [2.45, 2.75) is 0 Å². The first kappa shape index (κ1) is 21.0. The summed E-state index contributed by atoms with van der Waals surface area (Å²) in [5, 5.41) is 19.6. The molecule has 0 saturated heterocycles. The van der Waals surface area contributed by atoms with Crippen LogP contribution in [0.15, 0.2) is 72.8 Å².